The number of aryl methyl sites for hydroxylation is 1. The van der Waals surface area contributed by atoms with Gasteiger partial charge in [-0.2, -0.15) is 0 Å². The van der Waals surface area contributed by atoms with Crippen LogP contribution in [0.5, 0.6) is 0 Å². The average Bonchev–Trinajstić information content (AvgIpc) is 2.56. The number of carbonyl (C=O) groups is 1. The molecule has 0 fully saturated rings. The standard InChI is InChI=1S/C10H12Br2N2O/c1-3-14-6-8(12)4-9(14)10(15)13-5-7(2)11/h4,6H,2-3,5H2,1H3,(H,13,15). The maximum Gasteiger partial charge on any atom is 0.268 e. The van der Waals surface area contributed by atoms with Gasteiger partial charge in [-0.1, -0.05) is 22.5 Å². The van der Waals surface area contributed by atoms with E-state index in [1.165, 1.54) is 0 Å². The van der Waals surface area contributed by atoms with E-state index in [4.69, 9.17) is 0 Å². The Labute approximate surface area is 106 Å². The van der Waals surface area contributed by atoms with Crippen LogP contribution < -0.4 is 5.32 Å². The summed E-state index contributed by atoms with van der Waals surface area (Å²) < 4.78 is 3.55. The predicted molar refractivity (Wildman–Crippen MR) is 68.2 cm³/mol. The number of hydrogen-bond acceptors (Lipinski definition) is 1. The van der Waals surface area contributed by atoms with E-state index in [9.17, 15) is 4.79 Å². The van der Waals surface area contributed by atoms with E-state index < -0.39 is 0 Å². The first-order chi connectivity index (χ1) is 7.04. The summed E-state index contributed by atoms with van der Waals surface area (Å²) in [6.07, 6.45) is 1.89. The Morgan fingerprint density at radius 1 is 1.67 bits per heavy atom. The summed E-state index contributed by atoms with van der Waals surface area (Å²) in [7, 11) is 0. The minimum Gasteiger partial charge on any atom is -0.346 e. The Kier molecular flexibility index (Phi) is 4.60. The van der Waals surface area contributed by atoms with Gasteiger partial charge in [0.1, 0.15) is 5.69 Å². The molecule has 0 aliphatic carbocycles. The quantitative estimate of drug-likeness (QED) is 0.901. The molecule has 0 saturated heterocycles. The van der Waals surface area contributed by atoms with Crippen LogP contribution in [0.3, 0.4) is 0 Å². The second-order valence-corrected chi connectivity index (χ2v) is 5.07. The Balaban J connectivity index is 2.76. The highest BCUT2D eigenvalue weighted by atomic mass is 79.9. The Morgan fingerprint density at radius 2 is 2.33 bits per heavy atom. The fourth-order valence-corrected chi connectivity index (χ4v) is 1.80. The van der Waals surface area contributed by atoms with Gasteiger partial charge in [-0.25, -0.2) is 0 Å². The number of nitrogens with one attached hydrogen (secondary N) is 1. The van der Waals surface area contributed by atoms with Gasteiger partial charge < -0.3 is 9.88 Å². The van der Waals surface area contributed by atoms with E-state index in [1.54, 1.807) is 6.07 Å². The van der Waals surface area contributed by atoms with E-state index in [-0.39, 0.29) is 5.91 Å². The Hall–Kier alpha value is -0.550. The van der Waals surface area contributed by atoms with Crippen LogP contribution in [-0.2, 0) is 6.54 Å². The number of carbonyl (C=O) groups excluding carboxylic acids is 1. The molecule has 0 aromatic carbocycles. The zero-order valence-corrected chi connectivity index (χ0v) is 11.6. The molecular formula is C10H12Br2N2O. The van der Waals surface area contributed by atoms with E-state index in [0.717, 1.165) is 15.5 Å². The van der Waals surface area contributed by atoms with Gasteiger partial charge in [0.15, 0.2) is 0 Å². The van der Waals surface area contributed by atoms with Gasteiger partial charge in [-0.3, -0.25) is 4.79 Å². The van der Waals surface area contributed by atoms with Crippen LogP contribution in [0.25, 0.3) is 0 Å². The van der Waals surface area contributed by atoms with Gasteiger partial charge in [0.25, 0.3) is 5.91 Å². The van der Waals surface area contributed by atoms with Gasteiger partial charge in [-0.05, 0) is 28.9 Å². The smallest absolute Gasteiger partial charge is 0.268 e. The molecule has 1 rings (SSSR count). The Morgan fingerprint density at radius 3 is 2.87 bits per heavy atom. The Bertz CT molecular complexity index is 385. The monoisotopic (exact) mass is 334 g/mol. The highest BCUT2D eigenvalue weighted by Crippen LogP contribution is 2.15. The fraction of sp³-hybridized carbons (Fsp3) is 0.300. The summed E-state index contributed by atoms with van der Waals surface area (Å²) in [6.45, 7) is 6.85. The highest BCUT2D eigenvalue weighted by molar-refractivity contribution is 9.11. The number of aromatic nitrogens is 1. The van der Waals surface area contributed by atoms with E-state index in [0.29, 0.717) is 12.2 Å². The van der Waals surface area contributed by atoms with Crippen molar-refractivity contribution < 1.29 is 4.79 Å². The van der Waals surface area contributed by atoms with Gasteiger partial charge in [0.2, 0.25) is 0 Å². The average molecular weight is 336 g/mol. The van der Waals surface area contributed by atoms with E-state index >= 15 is 0 Å². The van der Waals surface area contributed by atoms with E-state index in [2.05, 4.69) is 43.8 Å². The van der Waals surface area contributed by atoms with Crippen molar-refractivity contribution in [2.24, 2.45) is 0 Å². The first-order valence-corrected chi connectivity index (χ1v) is 6.10. The molecule has 1 aromatic heterocycles. The summed E-state index contributed by atoms with van der Waals surface area (Å²) in [5, 5.41) is 2.76. The molecule has 0 atom stereocenters. The fourth-order valence-electron chi connectivity index (χ4n) is 1.19. The molecule has 82 valence electrons. The minimum absolute atomic E-state index is 0.0943. The molecule has 15 heavy (non-hydrogen) atoms. The molecule has 0 spiro atoms. The lowest BCUT2D eigenvalue weighted by Crippen LogP contribution is -2.26. The van der Waals surface area contributed by atoms with Crippen LogP contribution in [0.2, 0.25) is 0 Å². The van der Waals surface area contributed by atoms with Crippen molar-refractivity contribution in [1.29, 1.82) is 0 Å². The van der Waals surface area contributed by atoms with Crippen molar-refractivity contribution in [3.63, 3.8) is 0 Å². The third-order valence-corrected chi connectivity index (χ3v) is 2.59. The third-order valence-electron chi connectivity index (χ3n) is 1.88. The molecule has 0 saturated carbocycles. The largest absolute Gasteiger partial charge is 0.346 e. The van der Waals surface area contributed by atoms with Crippen molar-refractivity contribution >= 4 is 37.8 Å². The lowest BCUT2D eigenvalue weighted by molar-refractivity contribution is 0.0948. The molecule has 0 radical (unpaired) electrons. The summed E-state index contributed by atoms with van der Waals surface area (Å²) in [6, 6.07) is 1.80. The molecule has 5 heteroatoms. The van der Waals surface area contributed by atoms with Crippen LogP contribution in [0.15, 0.2) is 27.8 Å². The first-order valence-electron chi connectivity index (χ1n) is 4.51. The van der Waals surface area contributed by atoms with Crippen molar-refractivity contribution in [2.45, 2.75) is 13.5 Å². The zero-order valence-electron chi connectivity index (χ0n) is 8.39. The van der Waals surface area contributed by atoms with E-state index in [1.807, 2.05) is 17.7 Å². The normalized spacial score (nSPS) is 10.1. The lowest BCUT2D eigenvalue weighted by Gasteiger charge is -2.06. The number of halogens is 2. The molecule has 0 aliphatic heterocycles. The summed E-state index contributed by atoms with van der Waals surface area (Å²) in [4.78, 5) is 11.7. The molecular weight excluding hydrogens is 324 g/mol. The summed E-state index contributed by atoms with van der Waals surface area (Å²) in [5.41, 5.74) is 0.651. The topological polar surface area (TPSA) is 34.0 Å². The maximum absolute atomic E-state index is 11.7. The predicted octanol–water partition coefficient (Wildman–Crippen LogP) is 2.91. The second kappa shape index (κ2) is 5.51. The molecule has 0 aliphatic rings. The van der Waals surface area contributed by atoms with Crippen LogP contribution in [0, 0.1) is 0 Å². The number of nitrogens with zero attached hydrogens (tertiary/aromatic N) is 1. The first kappa shape index (κ1) is 12.5. The molecule has 1 aromatic rings. The van der Waals surface area contributed by atoms with Crippen molar-refractivity contribution in [3.05, 3.63) is 33.5 Å². The van der Waals surface area contributed by atoms with Gasteiger partial charge in [-0.15, -0.1) is 0 Å². The molecule has 1 amide bonds. The van der Waals surface area contributed by atoms with Crippen molar-refractivity contribution in [2.75, 3.05) is 6.54 Å². The molecule has 0 bridgehead atoms. The number of amides is 1. The summed E-state index contributed by atoms with van der Waals surface area (Å²) in [5.74, 6) is -0.0943. The zero-order chi connectivity index (χ0) is 11.4. The molecule has 3 nitrogen and oxygen atoms in total. The van der Waals surface area contributed by atoms with Crippen molar-refractivity contribution in [1.82, 2.24) is 9.88 Å². The van der Waals surface area contributed by atoms with Crippen LogP contribution in [0.1, 0.15) is 17.4 Å². The van der Waals surface area contributed by atoms with Gasteiger partial charge in [0, 0.05) is 28.2 Å². The number of hydrogen-bond donors (Lipinski definition) is 1. The van der Waals surface area contributed by atoms with Crippen LogP contribution in [0.4, 0.5) is 0 Å². The third kappa shape index (κ3) is 3.50. The molecule has 1 heterocycles. The van der Waals surface area contributed by atoms with Crippen LogP contribution in [-0.4, -0.2) is 17.0 Å². The lowest BCUT2D eigenvalue weighted by atomic mass is 10.4. The minimum atomic E-state index is -0.0943. The molecule has 0 unspecified atom stereocenters. The number of rotatable bonds is 4. The summed E-state index contributed by atoms with van der Waals surface area (Å²) >= 11 is 6.54. The van der Waals surface area contributed by atoms with Crippen LogP contribution >= 0.6 is 31.9 Å². The maximum atomic E-state index is 11.7. The SMILES string of the molecule is C=C(Br)CNC(=O)c1cc(Br)cn1CC. The molecule has 1 N–H and O–H groups in total. The van der Waals surface area contributed by atoms with Gasteiger partial charge >= 0.3 is 0 Å². The van der Waals surface area contributed by atoms with Crippen molar-refractivity contribution in [3.8, 4) is 0 Å². The second-order valence-electron chi connectivity index (χ2n) is 3.03. The van der Waals surface area contributed by atoms with Gasteiger partial charge in [0.05, 0.1) is 0 Å². The highest BCUT2D eigenvalue weighted by Gasteiger charge is 2.11.